The topological polar surface area (TPSA) is 29.3 Å². The summed E-state index contributed by atoms with van der Waals surface area (Å²) in [7, 11) is 0. The van der Waals surface area contributed by atoms with Crippen LogP contribution in [-0.4, -0.2) is 12.1 Å². The summed E-state index contributed by atoms with van der Waals surface area (Å²) in [5, 5.41) is 0. The molecule has 0 spiro atoms. The lowest BCUT2D eigenvalue weighted by Crippen LogP contribution is -2.38. The number of rotatable bonds is 1. The normalized spacial score (nSPS) is 19.5. The standard InChI is InChI=1S/C12H17IN2/c1-12(2)6-3-7-15(12)11-5-4-9(14)8-10(11)13/h4-5,8H,3,6-7,14H2,1-2H3. The third kappa shape index (κ3) is 2.07. The van der Waals surface area contributed by atoms with Crippen molar-refractivity contribution < 1.29 is 0 Å². The molecule has 0 saturated carbocycles. The largest absolute Gasteiger partial charge is 0.399 e. The Morgan fingerprint density at radius 1 is 1.40 bits per heavy atom. The lowest BCUT2D eigenvalue weighted by molar-refractivity contribution is 0.517. The van der Waals surface area contributed by atoms with Crippen LogP contribution in [0.2, 0.25) is 0 Å². The van der Waals surface area contributed by atoms with E-state index >= 15 is 0 Å². The average molecular weight is 316 g/mol. The van der Waals surface area contributed by atoms with E-state index < -0.39 is 0 Å². The van der Waals surface area contributed by atoms with Crippen LogP contribution in [0.1, 0.15) is 26.7 Å². The van der Waals surface area contributed by atoms with E-state index in [9.17, 15) is 0 Å². The van der Waals surface area contributed by atoms with Gasteiger partial charge in [0.25, 0.3) is 0 Å². The maximum Gasteiger partial charge on any atom is 0.0507 e. The van der Waals surface area contributed by atoms with Crippen molar-refractivity contribution in [1.29, 1.82) is 0 Å². The van der Waals surface area contributed by atoms with Crippen LogP contribution in [0.5, 0.6) is 0 Å². The van der Waals surface area contributed by atoms with Gasteiger partial charge in [-0.05, 0) is 67.5 Å². The number of anilines is 2. The molecule has 1 aliphatic rings. The van der Waals surface area contributed by atoms with E-state index in [4.69, 9.17) is 5.73 Å². The molecule has 0 aromatic heterocycles. The highest BCUT2D eigenvalue weighted by atomic mass is 127. The third-order valence-corrected chi connectivity index (χ3v) is 4.03. The van der Waals surface area contributed by atoms with E-state index in [1.54, 1.807) is 0 Å². The minimum absolute atomic E-state index is 0.288. The first-order valence-corrected chi connectivity index (χ1v) is 6.41. The molecule has 1 aliphatic heterocycles. The summed E-state index contributed by atoms with van der Waals surface area (Å²) in [6.45, 7) is 5.78. The zero-order chi connectivity index (χ0) is 11.1. The van der Waals surface area contributed by atoms with Gasteiger partial charge in [0.05, 0.1) is 5.69 Å². The smallest absolute Gasteiger partial charge is 0.0507 e. The summed E-state index contributed by atoms with van der Waals surface area (Å²) in [6.07, 6.45) is 2.56. The molecule has 0 unspecified atom stereocenters. The molecule has 0 bridgehead atoms. The quantitative estimate of drug-likeness (QED) is 0.636. The first-order chi connectivity index (χ1) is 7.00. The van der Waals surface area contributed by atoms with Gasteiger partial charge in [-0.25, -0.2) is 0 Å². The summed E-state index contributed by atoms with van der Waals surface area (Å²) in [4.78, 5) is 2.49. The Balaban J connectivity index is 2.37. The zero-order valence-corrected chi connectivity index (χ0v) is 11.4. The number of hydrogen-bond acceptors (Lipinski definition) is 2. The van der Waals surface area contributed by atoms with Crippen LogP contribution in [0.3, 0.4) is 0 Å². The second kappa shape index (κ2) is 3.85. The van der Waals surface area contributed by atoms with Crippen molar-refractivity contribution in [3.63, 3.8) is 0 Å². The monoisotopic (exact) mass is 316 g/mol. The molecule has 1 aromatic carbocycles. The third-order valence-electron chi connectivity index (χ3n) is 3.16. The van der Waals surface area contributed by atoms with Gasteiger partial charge in [0, 0.05) is 21.3 Å². The fourth-order valence-electron chi connectivity index (χ4n) is 2.30. The van der Waals surface area contributed by atoms with E-state index in [1.807, 2.05) is 12.1 Å². The van der Waals surface area contributed by atoms with Gasteiger partial charge < -0.3 is 10.6 Å². The average Bonchev–Trinajstić information content (AvgIpc) is 2.46. The van der Waals surface area contributed by atoms with Crippen molar-refractivity contribution in [2.24, 2.45) is 0 Å². The number of nitrogen functional groups attached to an aromatic ring is 1. The molecule has 15 heavy (non-hydrogen) atoms. The van der Waals surface area contributed by atoms with Gasteiger partial charge in [0.1, 0.15) is 0 Å². The van der Waals surface area contributed by atoms with Crippen LogP contribution in [0.15, 0.2) is 18.2 Å². The predicted molar refractivity (Wildman–Crippen MR) is 74.2 cm³/mol. The molecule has 1 fully saturated rings. The van der Waals surface area contributed by atoms with Gasteiger partial charge in [0.2, 0.25) is 0 Å². The van der Waals surface area contributed by atoms with Crippen LogP contribution >= 0.6 is 22.6 Å². The lowest BCUT2D eigenvalue weighted by atomic mass is 10.0. The van der Waals surface area contributed by atoms with Gasteiger partial charge in [0.15, 0.2) is 0 Å². The van der Waals surface area contributed by atoms with E-state index in [0.29, 0.717) is 0 Å². The van der Waals surface area contributed by atoms with Crippen LogP contribution in [0, 0.1) is 3.57 Å². The summed E-state index contributed by atoms with van der Waals surface area (Å²) in [6, 6.07) is 6.18. The highest BCUT2D eigenvalue weighted by Gasteiger charge is 2.32. The highest BCUT2D eigenvalue weighted by molar-refractivity contribution is 14.1. The van der Waals surface area contributed by atoms with E-state index in [0.717, 1.165) is 12.2 Å². The highest BCUT2D eigenvalue weighted by Crippen LogP contribution is 2.36. The molecule has 1 saturated heterocycles. The van der Waals surface area contributed by atoms with E-state index in [2.05, 4.69) is 47.4 Å². The molecule has 3 heteroatoms. The predicted octanol–water partition coefficient (Wildman–Crippen LogP) is 3.25. The molecule has 2 N–H and O–H groups in total. The number of hydrogen-bond donors (Lipinski definition) is 1. The molecule has 0 amide bonds. The Morgan fingerprint density at radius 3 is 2.67 bits per heavy atom. The van der Waals surface area contributed by atoms with Gasteiger partial charge in [-0.15, -0.1) is 0 Å². The Labute approximate surface area is 105 Å². The Bertz CT molecular complexity index is 374. The maximum atomic E-state index is 5.77. The van der Waals surface area contributed by atoms with Gasteiger partial charge >= 0.3 is 0 Å². The van der Waals surface area contributed by atoms with Crippen LogP contribution in [-0.2, 0) is 0 Å². The molecule has 1 aromatic rings. The number of nitrogens with two attached hydrogens (primary N) is 1. The Kier molecular flexibility index (Phi) is 2.83. The first-order valence-electron chi connectivity index (χ1n) is 5.33. The van der Waals surface area contributed by atoms with Gasteiger partial charge in [-0.1, -0.05) is 0 Å². The Hall–Kier alpha value is -0.450. The van der Waals surface area contributed by atoms with E-state index in [-0.39, 0.29) is 5.54 Å². The van der Waals surface area contributed by atoms with Crippen molar-refractivity contribution in [2.45, 2.75) is 32.2 Å². The summed E-state index contributed by atoms with van der Waals surface area (Å²) in [5.74, 6) is 0. The second-order valence-corrected chi connectivity index (χ2v) is 5.94. The van der Waals surface area contributed by atoms with Crippen LogP contribution < -0.4 is 10.6 Å². The first kappa shape index (κ1) is 11.0. The van der Waals surface area contributed by atoms with Crippen molar-refractivity contribution in [3.05, 3.63) is 21.8 Å². The summed E-state index contributed by atoms with van der Waals surface area (Å²) in [5.41, 5.74) is 8.23. The van der Waals surface area contributed by atoms with Crippen molar-refractivity contribution in [2.75, 3.05) is 17.2 Å². The number of nitrogens with zero attached hydrogens (tertiary/aromatic N) is 1. The molecule has 0 radical (unpaired) electrons. The number of halogens is 1. The van der Waals surface area contributed by atoms with Crippen molar-refractivity contribution >= 4 is 34.0 Å². The molecule has 2 rings (SSSR count). The molecule has 0 atom stereocenters. The maximum absolute atomic E-state index is 5.77. The fourth-order valence-corrected chi connectivity index (χ4v) is 3.13. The summed E-state index contributed by atoms with van der Waals surface area (Å²) < 4.78 is 1.25. The van der Waals surface area contributed by atoms with E-state index in [1.165, 1.54) is 22.1 Å². The summed E-state index contributed by atoms with van der Waals surface area (Å²) >= 11 is 2.37. The fraction of sp³-hybridized carbons (Fsp3) is 0.500. The molecule has 2 nitrogen and oxygen atoms in total. The van der Waals surface area contributed by atoms with Gasteiger partial charge in [-0.2, -0.15) is 0 Å². The van der Waals surface area contributed by atoms with Crippen LogP contribution in [0.25, 0.3) is 0 Å². The Morgan fingerprint density at radius 2 is 2.13 bits per heavy atom. The van der Waals surface area contributed by atoms with Crippen molar-refractivity contribution in [1.82, 2.24) is 0 Å². The minimum Gasteiger partial charge on any atom is -0.399 e. The zero-order valence-electron chi connectivity index (χ0n) is 9.26. The van der Waals surface area contributed by atoms with Crippen LogP contribution in [0.4, 0.5) is 11.4 Å². The SMILES string of the molecule is CC1(C)CCCN1c1ccc(N)cc1I. The second-order valence-electron chi connectivity index (χ2n) is 4.78. The molecule has 82 valence electrons. The lowest BCUT2D eigenvalue weighted by Gasteiger charge is -2.34. The minimum atomic E-state index is 0.288. The number of benzene rings is 1. The molecule has 1 heterocycles. The van der Waals surface area contributed by atoms with Crippen molar-refractivity contribution in [3.8, 4) is 0 Å². The molecular weight excluding hydrogens is 299 g/mol. The molecular formula is C12H17IN2. The molecule has 0 aliphatic carbocycles. The van der Waals surface area contributed by atoms with Gasteiger partial charge in [-0.3, -0.25) is 0 Å².